The van der Waals surface area contributed by atoms with Crippen LogP contribution in [0.25, 0.3) is 0 Å². The van der Waals surface area contributed by atoms with Crippen molar-refractivity contribution >= 4 is 0 Å². The fourth-order valence-electron chi connectivity index (χ4n) is 0.591. The summed E-state index contributed by atoms with van der Waals surface area (Å²) in [5, 5.41) is 0. The van der Waals surface area contributed by atoms with Gasteiger partial charge in [-0.15, -0.1) is 0 Å². The summed E-state index contributed by atoms with van der Waals surface area (Å²) in [5.74, 6) is 0. The van der Waals surface area contributed by atoms with Gasteiger partial charge in [-0.25, -0.2) is 0 Å². The van der Waals surface area contributed by atoms with E-state index in [1.165, 1.54) is 0 Å². The Labute approximate surface area is 44.7 Å². The first-order valence-electron chi connectivity index (χ1n) is 2.65. The molecule has 0 spiro atoms. The van der Waals surface area contributed by atoms with E-state index in [1.54, 1.807) is 0 Å². The Morgan fingerprint density at radius 3 is 2.14 bits per heavy atom. The molecular weight excluding hydrogens is 88.1 g/mol. The van der Waals surface area contributed by atoms with Gasteiger partial charge in [0.1, 0.15) is 0 Å². The molecule has 0 bridgehead atoms. The van der Waals surface area contributed by atoms with E-state index in [2.05, 4.69) is 20.3 Å². The Hall–Kier alpha value is -0.0400. The molecule has 0 unspecified atom stereocenters. The monoisotopic (exact) mass is 99.1 g/mol. The molecule has 0 N–H and O–H groups in total. The van der Waals surface area contributed by atoms with Gasteiger partial charge in [-0.05, 0) is 6.42 Å². The molecule has 0 amide bonds. The lowest BCUT2D eigenvalue weighted by Gasteiger charge is -2.36. The molecule has 1 radical (unpaired) electrons. The second kappa shape index (κ2) is 1.48. The summed E-state index contributed by atoms with van der Waals surface area (Å²) in [6.07, 6.45) is 2.20. The molecule has 1 rings (SSSR count). The van der Waals surface area contributed by atoms with Crippen molar-refractivity contribution in [1.82, 2.24) is 0 Å². The van der Waals surface area contributed by atoms with Crippen LogP contribution in [0.4, 0.5) is 0 Å². The minimum atomic E-state index is 0.417. The van der Waals surface area contributed by atoms with Gasteiger partial charge >= 0.3 is 0 Å². The zero-order valence-corrected chi connectivity index (χ0v) is 4.90. The highest BCUT2D eigenvalue weighted by Gasteiger charge is 2.30. The lowest BCUT2D eigenvalue weighted by molar-refractivity contribution is -0.0802. The molecule has 7 heavy (non-hydrogen) atoms. The molecule has 1 saturated heterocycles. The molecule has 0 aromatic rings. The first-order valence-corrected chi connectivity index (χ1v) is 2.65. The second-order valence-corrected chi connectivity index (χ2v) is 2.44. The van der Waals surface area contributed by atoms with Gasteiger partial charge in [0, 0.05) is 5.41 Å². The van der Waals surface area contributed by atoms with Crippen LogP contribution in [0.2, 0.25) is 0 Å². The van der Waals surface area contributed by atoms with Crippen LogP contribution in [0.1, 0.15) is 13.8 Å². The molecule has 1 aliphatic rings. The molecule has 1 nitrogen and oxygen atoms in total. The lowest BCUT2D eigenvalue weighted by atomic mass is 9.86. The zero-order chi connectivity index (χ0) is 5.33. The van der Waals surface area contributed by atoms with E-state index in [0.29, 0.717) is 5.41 Å². The molecule has 1 heteroatoms. The minimum absolute atomic E-state index is 0.417. The third-order valence-corrected chi connectivity index (χ3v) is 1.56. The van der Waals surface area contributed by atoms with E-state index >= 15 is 0 Å². The highest BCUT2D eigenvalue weighted by Crippen LogP contribution is 2.28. The largest absolute Gasteiger partial charge is 0.380 e. The van der Waals surface area contributed by atoms with Gasteiger partial charge in [-0.3, -0.25) is 0 Å². The van der Waals surface area contributed by atoms with Crippen molar-refractivity contribution in [3.05, 3.63) is 6.42 Å². The van der Waals surface area contributed by atoms with Crippen molar-refractivity contribution < 1.29 is 4.74 Å². The standard InChI is InChI=1S/C6H11O/c1-3-6(2)4-7-5-6/h3H,4-5H2,1-2H3. The summed E-state index contributed by atoms with van der Waals surface area (Å²) >= 11 is 0. The van der Waals surface area contributed by atoms with E-state index < -0.39 is 0 Å². The summed E-state index contributed by atoms with van der Waals surface area (Å²) in [6.45, 7) is 6.13. The van der Waals surface area contributed by atoms with Crippen molar-refractivity contribution in [2.24, 2.45) is 5.41 Å². The highest BCUT2D eigenvalue weighted by atomic mass is 16.5. The molecule has 0 aromatic heterocycles. The molecule has 1 fully saturated rings. The molecule has 0 atom stereocenters. The van der Waals surface area contributed by atoms with E-state index in [4.69, 9.17) is 4.74 Å². The van der Waals surface area contributed by atoms with Crippen LogP contribution in [0, 0.1) is 11.8 Å². The van der Waals surface area contributed by atoms with Crippen LogP contribution in [0.15, 0.2) is 0 Å². The lowest BCUT2D eigenvalue weighted by Crippen LogP contribution is -2.39. The van der Waals surface area contributed by atoms with Crippen LogP contribution in [0.3, 0.4) is 0 Å². The summed E-state index contributed by atoms with van der Waals surface area (Å²) in [6, 6.07) is 0. The van der Waals surface area contributed by atoms with Gasteiger partial charge < -0.3 is 4.74 Å². The van der Waals surface area contributed by atoms with Crippen molar-refractivity contribution in [3.63, 3.8) is 0 Å². The van der Waals surface area contributed by atoms with Crippen molar-refractivity contribution in [2.45, 2.75) is 13.8 Å². The third-order valence-electron chi connectivity index (χ3n) is 1.56. The predicted octanol–water partition coefficient (Wildman–Crippen LogP) is 1.25. The Kier molecular flexibility index (Phi) is 1.08. The maximum Gasteiger partial charge on any atom is 0.0544 e. The predicted molar refractivity (Wildman–Crippen MR) is 28.9 cm³/mol. The first-order chi connectivity index (χ1) is 3.27. The summed E-state index contributed by atoms with van der Waals surface area (Å²) in [7, 11) is 0. The average Bonchev–Trinajstić information content (AvgIpc) is 1.61. The van der Waals surface area contributed by atoms with Gasteiger partial charge in [0.05, 0.1) is 13.2 Å². The van der Waals surface area contributed by atoms with Gasteiger partial charge in [0.25, 0.3) is 0 Å². The molecule has 0 aromatic carbocycles. The van der Waals surface area contributed by atoms with Gasteiger partial charge in [0.2, 0.25) is 0 Å². The van der Waals surface area contributed by atoms with Crippen LogP contribution in [0.5, 0.6) is 0 Å². The number of hydrogen-bond acceptors (Lipinski definition) is 1. The van der Waals surface area contributed by atoms with Gasteiger partial charge in [0.15, 0.2) is 0 Å². The molecule has 1 heterocycles. The van der Waals surface area contributed by atoms with Crippen molar-refractivity contribution in [1.29, 1.82) is 0 Å². The van der Waals surface area contributed by atoms with Crippen molar-refractivity contribution in [2.75, 3.05) is 13.2 Å². The maximum absolute atomic E-state index is 5.00. The number of rotatable bonds is 1. The van der Waals surface area contributed by atoms with Crippen molar-refractivity contribution in [3.8, 4) is 0 Å². The van der Waals surface area contributed by atoms with Crippen LogP contribution >= 0.6 is 0 Å². The molecular formula is C6H11O. The average molecular weight is 99.2 g/mol. The highest BCUT2D eigenvalue weighted by molar-refractivity contribution is 4.90. The Bertz CT molecular complexity index is 59.1. The second-order valence-electron chi connectivity index (χ2n) is 2.44. The fraction of sp³-hybridized carbons (Fsp3) is 0.833. The summed E-state index contributed by atoms with van der Waals surface area (Å²) < 4.78 is 5.00. The van der Waals surface area contributed by atoms with E-state index in [9.17, 15) is 0 Å². The Morgan fingerprint density at radius 2 is 2.14 bits per heavy atom. The van der Waals surface area contributed by atoms with E-state index in [0.717, 1.165) is 13.2 Å². The smallest absolute Gasteiger partial charge is 0.0544 e. The SMILES string of the molecule is C[CH]C1(C)COC1. The number of ether oxygens (including phenoxy) is 1. The summed E-state index contributed by atoms with van der Waals surface area (Å²) in [5.41, 5.74) is 0.417. The maximum atomic E-state index is 5.00. The first kappa shape index (κ1) is 5.10. The molecule has 0 saturated carbocycles. The van der Waals surface area contributed by atoms with Crippen LogP contribution < -0.4 is 0 Å². The number of hydrogen-bond donors (Lipinski definition) is 0. The Morgan fingerprint density at radius 1 is 1.57 bits per heavy atom. The zero-order valence-electron chi connectivity index (χ0n) is 4.90. The minimum Gasteiger partial charge on any atom is -0.380 e. The van der Waals surface area contributed by atoms with E-state index in [-0.39, 0.29) is 0 Å². The van der Waals surface area contributed by atoms with Gasteiger partial charge in [-0.2, -0.15) is 0 Å². The van der Waals surface area contributed by atoms with E-state index in [1.807, 2.05) is 0 Å². The summed E-state index contributed by atoms with van der Waals surface area (Å²) in [4.78, 5) is 0. The Balaban J connectivity index is 2.29. The third kappa shape index (κ3) is 0.778. The molecule has 41 valence electrons. The van der Waals surface area contributed by atoms with Crippen LogP contribution in [-0.2, 0) is 4.74 Å². The van der Waals surface area contributed by atoms with Crippen LogP contribution in [-0.4, -0.2) is 13.2 Å². The normalized spacial score (nSPS) is 26.6. The quantitative estimate of drug-likeness (QED) is 0.480. The van der Waals surface area contributed by atoms with Gasteiger partial charge in [-0.1, -0.05) is 13.8 Å². The molecule has 1 aliphatic heterocycles. The molecule has 0 aliphatic carbocycles. The topological polar surface area (TPSA) is 9.23 Å². The fourth-order valence-corrected chi connectivity index (χ4v) is 0.591.